The molecule has 10 rings (SSSR count). The summed E-state index contributed by atoms with van der Waals surface area (Å²) in [6.07, 6.45) is 0. The van der Waals surface area contributed by atoms with Crippen LogP contribution in [0.5, 0.6) is 0 Å². The van der Waals surface area contributed by atoms with Gasteiger partial charge in [-0.15, -0.1) is 0 Å². The lowest BCUT2D eigenvalue weighted by atomic mass is 9.94. The molecule has 0 saturated carbocycles. The molecule has 4 heteroatoms. The van der Waals surface area contributed by atoms with Crippen molar-refractivity contribution in [3.63, 3.8) is 0 Å². The van der Waals surface area contributed by atoms with Gasteiger partial charge in [0.15, 0.2) is 17.5 Å². The highest BCUT2D eigenvalue weighted by atomic mass is 16.3. The van der Waals surface area contributed by atoms with Crippen LogP contribution in [-0.4, -0.2) is 15.0 Å². The molecule has 53 heavy (non-hydrogen) atoms. The molecule has 0 radical (unpaired) electrons. The molecular formula is C49H31N3O. The van der Waals surface area contributed by atoms with Gasteiger partial charge < -0.3 is 4.42 Å². The van der Waals surface area contributed by atoms with Gasteiger partial charge in [-0.25, -0.2) is 15.0 Å². The summed E-state index contributed by atoms with van der Waals surface area (Å²) in [6, 6.07) is 65.3. The first-order chi connectivity index (χ1) is 26.2. The van der Waals surface area contributed by atoms with Crippen LogP contribution in [0.15, 0.2) is 192 Å². The van der Waals surface area contributed by atoms with Crippen LogP contribution in [0, 0.1) is 0 Å². The normalized spacial score (nSPS) is 11.4. The zero-order valence-electron chi connectivity index (χ0n) is 28.6. The number of hydrogen-bond donors (Lipinski definition) is 0. The third-order valence-electron chi connectivity index (χ3n) is 9.93. The van der Waals surface area contributed by atoms with E-state index < -0.39 is 0 Å². The monoisotopic (exact) mass is 677 g/mol. The highest BCUT2D eigenvalue weighted by molar-refractivity contribution is 6.07. The smallest absolute Gasteiger partial charge is 0.164 e. The summed E-state index contributed by atoms with van der Waals surface area (Å²) in [6.45, 7) is 0. The summed E-state index contributed by atoms with van der Waals surface area (Å²) in [4.78, 5) is 15.0. The van der Waals surface area contributed by atoms with E-state index in [1.54, 1.807) is 0 Å². The lowest BCUT2D eigenvalue weighted by molar-refractivity contribution is 0.669. The van der Waals surface area contributed by atoms with Crippen molar-refractivity contribution in [1.29, 1.82) is 0 Å². The van der Waals surface area contributed by atoms with Gasteiger partial charge in [-0.2, -0.15) is 0 Å². The fourth-order valence-electron chi connectivity index (χ4n) is 7.23. The van der Waals surface area contributed by atoms with Gasteiger partial charge in [0.05, 0.1) is 0 Å². The van der Waals surface area contributed by atoms with Crippen molar-refractivity contribution in [3.05, 3.63) is 188 Å². The van der Waals surface area contributed by atoms with Gasteiger partial charge in [0.1, 0.15) is 11.2 Å². The first-order valence-corrected chi connectivity index (χ1v) is 17.8. The number of rotatable bonds is 6. The molecule has 248 valence electrons. The summed E-state index contributed by atoms with van der Waals surface area (Å²) in [5.74, 6) is 1.83. The van der Waals surface area contributed by atoms with Crippen molar-refractivity contribution in [3.8, 4) is 67.5 Å². The molecule has 0 N–H and O–H groups in total. The zero-order chi connectivity index (χ0) is 35.1. The first kappa shape index (κ1) is 30.6. The van der Waals surface area contributed by atoms with Crippen LogP contribution in [0.2, 0.25) is 0 Å². The third-order valence-corrected chi connectivity index (χ3v) is 9.93. The van der Waals surface area contributed by atoms with Gasteiger partial charge >= 0.3 is 0 Å². The number of furan rings is 1. The van der Waals surface area contributed by atoms with Crippen LogP contribution in [0.25, 0.3) is 100 Å². The van der Waals surface area contributed by atoms with Crippen LogP contribution in [0.1, 0.15) is 0 Å². The van der Waals surface area contributed by atoms with Gasteiger partial charge in [0.2, 0.25) is 0 Å². The minimum Gasteiger partial charge on any atom is -0.456 e. The van der Waals surface area contributed by atoms with Gasteiger partial charge in [0, 0.05) is 27.5 Å². The standard InChI is InChI=1S/C49H31N3O/c1-4-12-32(13-5-1)35-20-21-37-29-39(23-22-36(37)28-35)48-50-47(34-16-8-3-9-17-34)51-49(52-48)40-24-26-43-44-30-38(25-27-45(44)53-46(43)31-40)42-19-11-10-18-41(42)33-14-6-2-7-15-33/h1-31H. The number of fused-ring (bicyclic) bond motifs is 4. The van der Waals surface area contributed by atoms with Crippen molar-refractivity contribution in [2.24, 2.45) is 0 Å². The van der Waals surface area contributed by atoms with E-state index in [0.29, 0.717) is 17.5 Å². The first-order valence-electron chi connectivity index (χ1n) is 17.8. The fourth-order valence-corrected chi connectivity index (χ4v) is 7.23. The molecule has 0 saturated heterocycles. The maximum atomic E-state index is 6.47. The maximum absolute atomic E-state index is 6.47. The average Bonchev–Trinajstić information content (AvgIpc) is 3.61. The average molecular weight is 678 g/mol. The van der Waals surface area contributed by atoms with E-state index in [-0.39, 0.29) is 0 Å². The molecule has 0 spiro atoms. The fraction of sp³-hybridized carbons (Fsp3) is 0. The number of hydrogen-bond acceptors (Lipinski definition) is 4. The predicted molar refractivity (Wildman–Crippen MR) is 217 cm³/mol. The van der Waals surface area contributed by atoms with Crippen LogP contribution < -0.4 is 0 Å². The second-order valence-corrected chi connectivity index (χ2v) is 13.3. The molecule has 2 heterocycles. The molecule has 4 nitrogen and oxygen atoms in total. The predicted octanol–water partition coefficient (Wildman–Crippen LogP) is 12.9. The molecule has 0 aliphatic rings. The van der Waals surface area contributed by atoms with Crippen molar-refractivity contribution >= 4 is 32.7 Å². The van der Waals surface area contributed by atoms with Gasteiger partial charge in [-0.05, 0) is 80.6 Å². The number of nitrogens with zero attached hydrogens (tertiary/aromatic N) is 3. The Hall–Kier alpha value is -7.17. The van der Waals surface area contributed by atoms with E-state index in [0.717, 1.165) is 55.0 Å². The second kappa shape index (κ2) is 12.9. The van der Waals surface area contributed by atoms with Crippen LogP contribution in [-0.2, 0) is 0 Å². The van der Waals surface area contributed by atoms with Gasteiger partial charge in [0.25, 0.3) is 0 Å². The molecular weight excluding hydrogens is 647 g/mol. The summed E-state index contributed by atoms with van der Waals surface area (Å²) in [5, 5.41) is 4.40. The Labute approximate surface area is 306 Å². The van der Waals surface area contributed by atoms with Crippen LogP contribution in [0.4, 0.5) is 0 Å². The largest absolute Gasteiger partial charge is 0.456 e. The molecule has 0 fully saturated rings. The molecule has 0 aliphatic carbocycles. The molecule has 0 unspecified atom stereocenters. The Morgan fingerprint density at radius 2 is 0.774 bits per heavy atom. The van der Waals surface area contributed by atoms with Crippen LogP contribution >= 0.6 is 0 Å². The van der Waals surface area contributed by atoms with Crippen molar-refractivity contribution in [1.82, 2.24) is 15.0 Å². The summed E-state index contributed by atoms with van der Waals surface area (Å²) in [5.41, 5.74) is 11.5. The summed E-state index contributed by atoms with van der Waals surface area (Å²) >= 11 is 0. The van der Waals surface area contributed by atoms with E-state index in [4.69, 9.17) is 19.4 Å². The Balaban J connectivity index is 1.06. The maximum Gasteiger partial charge on any atom is 0.164 e. The Kier molecular flexibility index (Phi) is 7.43. The molecule has 0 atom stereocenters. The van der Waals surface area contributed by atoms with E-state index >= 15 is 0 Å². The quantitative estimate of drug-likeness (QED) is 0.176. The molecule has 0 aliphatic heterocycles. The summed E-state index contributed by atoms with van der Waals surface area (Å²) in [7, 11) is 0. The van der Waals surface area contributed by atoms with Gasteiger partial charge in [-0.3, -0.25) is 0 Å². The lowest BCUT2D eigenvalue weighted by Crippen LogP contribution is -2.00. The van der Waals surface area contributed by atoms with E-state index in [9.17, 15) is 0 Å². The highest BCUT2D eigenvalue weighted by Gasteiger charge is 2.16. The zero-order valence-corrected chi connectivity index (χ0v) is 28.6. The second-order valence-electron chi connectivity index (χ2n) is 13.3. The van der Waals surface area contributed by atoms with Crippen LogP contribution in [0.3, 0.4) is 0 Å². The molecule has 8 aromatic carbocycles. The molecule has 0 bridgehead atoms. The summed E-state index contributed by atoms with van der Waals surface area (Å²) < 4.78 is 6.47. The van der Waals surface area contributed by atoms with E-state index in [1.807, 2.05) is 42.5 Å². The minimum absolute atomic E-state index is 0.591. The van der Waals surface area contributed by atoms with E-state index in [1.165, 1.54) is 27.8 Å². The van der Waals surface area contributed by atoms with E-state index in [2.05, 4.69) is 146 Å². The minimum atomic E-state index is 0.591. The number of benzene rings is 8. The van der Waals surface area contributed by atoms with Crippen molar-refractivity contribution in [2.75, 3.05) is 0 Å². The lowest BCUT2D eigenvalue weighted by Gasteiger charge is -2.10. The van der Waals surface area contributed by atoms with Crippen molar-refractivity contribution in [2.45, 2.75) is 0 Å². The van der Waals surface area contributed by atoms with Gasteiger partial charge in [-0.1, -0.05) is 152 Å². The Morgan fingerprint density at radius 1 is 0.283 bits per heavy atom. The number of aromatic nitrogens is 3. The molecule has 0 amide bonds. The molecule has 2 aromatic heterocycles. The third kappa shape index (κ3) is 5.73. The highest BCUT2D eigenvalue weighted by Crippen LogP contribution is 2.38. The molecule has 10 aromatic rings. The topological polar surface area (TPSA) is 51.8 Å². The Bertz CT molecular complexity index is 2940. The Morgan fingerprint density at radius 3 is 1.45 bits per heavy atom. The van der Waals surface area contributed by atoms with Crippen molar-refractivity contribution < 1.29 is 4.42 Å². The SMILES string of the molecule is c1ccc(-c2ccc3cc(-c4nc(-c5ccccc5)nc(-c5ccc6c(c5)oc5ccc(-c7ccccc7-c7ccccc7)cc56)n4)ccc3c2)cc1.